The van der Waals surface area contributed by atoms with Gasteiger partial charge in [0.2, 0.25) is 0 Å². The molecule has 0 saturated carbocycles. The lowest BCUT2D eigenvalue weighted by molar-refractivity contribution is 0.619. The summed E-state index contributed by atoms with van der Waals surface area (Å²) < 4.78 is 5.54. The molecule has 0 bridgehead atoms. The Labute approximate surface area is 97.5 Å². The summed E-state index contributed by atoms with van der Waals surface area (Å²) >= 11 is 0. The molecule has 0 aliphatic rings. The van der Waals surface area contributed by atoms with E-state index >= 15 is 0 Å². The predicted molar refractivity (Wildman–Crippen MR) is 69.0 cm³/mol. The van der Waals surface area contributed by atoms with E-state index in [0.29, 0.717) is 0 Å². The Morgan fingerprint density at radius 2 is 1.76 bits per heavy atom. The van der Waals surface area contributed by atoms with Gasteiger partial charge >= 0.3 is 0 Å². The minimum absolute atomic E-state index is 0.917. The first-order valence-corrected chi connectivity index (χ1v) is 5.57. The molecule has 80 valence electrons. The van der Waals surface area contributed by atoms with Gasteiger partial charge in [-0.25, -0.2) is 4.98 Å². The van der Waals surface area contributed by atoms with Gasteiger partial charge in [-0.2, -0.15) is 0 Å². The lowest BCUT2D eigenvalue weighted by Gasteiger charge is -2.01. The van der Waals surface area contributed by atoms with Crippen LogP contribution in [0, 0.1) is 0 Å². The first kappa shape index (κ1) is 8.76. The van der Waals surface area contributed by atoms with Gasteiger partial charge in [-0.05, 0) is 30.3 Å². The fourth-order valence-electron chi connectivity index (χ4n) is 2.28. The molecule has 0 aliphatic carbocycles. The largest absolute Gasteiger partial charge is 0.464 e. The van der Waals surface area contributed by atoms with Gasteiger partial charge in [-0.3, -0.25) is 0 Å². The molecule has 0 spiro atoms. The highest BCUT2D eigenvalue weighted by Gasteiger charge is 2.05. The van der Waals surface area contributed by atoms with Crippen LogP contribution in [0.3, 0.4) is 0 Å². The molecule has 2 aromatic heterocycles. The summed E-state index contributed by atoms with van der Waals surface area (Å²) in [6.07, 6.45) is 1.72. The molecule has 0 unspecified atom stereocenters. The molecule has 0 radical (unpaired) electrons. The van der Waals surface area contributed by atoms with Crippen LogP contribution in [0.15, 0.2) is 59.2 Å². The number of fused-ring (bicyclic) bond motifs is 4. The van der Waals surface area contributed by atoms with Gasteiger partial charge < -0.3 is 4.42 Å². The molecular formula is C15H9NO. The standard InChI is InChI=1S/C15H9NO/c1-2-4-13-11(3-1)9-12-14(16-13)6-5-10-7-8-17-15(10)12/h1-9H. The van der Waals surface area contributed by atoms with Crippen molar-refractivity contribution in [3.05, 3.63) is 54.8 Å². The third-order valence-electron chi connectivity index (χ3n) is 3.11. The van der Waals surface area contributed by atoms with Crippen LogP contribution in [0.5, 0.6) is 0 Å². The Morgan fingerprint density at radius 3 is 2.76 bits per heavy atom. The maximum atomic E-state index is 5.54. The summed E-state index contributed by atoms with van der Waals surface area (Å²) in [6.45, 7) is 0. The molecule has 0 aliphatic heterocycles. The number of rotatable bonds is 0. The van der Waals surface area contributed by atoms with Gasteiger partial charge in [-0.15, -0.1) is 0 Å². The highest BCUT2D eigenvalue weighted by Crippen LogP contribution is 2.27. The zero-order chi connectivity index (χ0) is 11.2. The monoisotopic (exact) mass is 219 g/mol. The van der Waals surface area contributed by atoms with E-state index in [9.17, 15) is 0 Å². The Morgan fingerprint density at radius 1 is 0.824 bits per heavy atom. The molecule has 0 fully saturated rings. The Hall–Kier alpha value is -2.35. The summed E-state index contributed by atoms with van der Waals surface area (Å²) in [7, 11) is 0. The summed E-state index contributed by atoms with van der Waals surface area (Å²) in [5, 5.41) is 3.34. The molecule has 2 heteroatoms. The molecule has 0 saturated heterocycles. The van der Waals surface area contributed by atoms with Crippen LogP contribution in [0.2, 0.25) is 0 Å². The number of hydrogen-bond acceptors (Lipinski definition) is 2. The summed E-state index contributed by atoms with van der Waals surface area (Å²) in [4.78, 5) is 4.65. The van der Waals surface area contributed by atoms with Crippen LogP contribution >= 0.6 is 0 Å². The number of pyridine rings is 1. The van der Waals surface area contributed by atoms with Gasteiger partial charge in [-0.1, -0.05) is 18.2 Å². The van der Waals surface area contributed by atoms with E-state index in [0.717, 1.165) is 32.8 Å². The SMILES string of the molecule is c1ccc2nc3ccc4ccoc4c3cc2c1. The Bertz CT molecular complexity index is 845. The topological polar surface area (TPSA) is 26.0 Å². The number of benzene rings is 2. The number of aromatic nitrogens is 1. The van der Waals surface area contributed by atoms with Crippen molar-refractivity contribution >= 4 is 32.8 Å². The average molecular weight is 219 g/mol. The van der Waals surface area contributed by atoms with Gasteiger partial charge in [0.05, 0.1) is 17.3 Å². The first-order chi connectivity index (χ1) is 8.42. The Balaban J connectivity index is 2.29. The van der Waals surface area contributed by atoms with E-state index in [4.69, 9.17) is 4.42 Å². The summed E-state index contributed by atoms with van der Waals surface area (Å²) in [6, 6.07) is 16.3. The highest BCUT2D eigenvalue weighted by atomic mass is 16.3. The smallest absolute Gasteiger partial charge is 0.143 e. The minimum Gasteiger partial charge on any atom is -0.464 e. The van der Waals surface area contributed by atoms with E-state index in [2.05, 4.69) is 17.1 Å². The van der Waals surface area contributed by atoms with Crippen LogP contribution < -0.4 is 0 Å². The molecule has 2 heterocycles. The van der Waals surface area contributed by atoms with Gasteiger partial charge in [0, 0.05) is 16.2 Å². The van der Waals surface area contributed by atoms with Crippen molar-refractivity contribution in [2.45, 2.75) is 0 Å². The predicted octanol–water partition coefficient (Wildman–Crippen LogP) is 4.13. The molecule has 4 aromatic rings. The van der Waals surface area contributed by atoms with Crippen molar-refractivity contribution in [1.29, 1.82) is 0 Å². The molecule has 2 nitrogen and oxygen atoms in total. The summed E-state index contributed by atoms with van der Waals surface area (Å²) in [5.74, 6) is 0. The van der Waals surface area contributed by atoms with Crippen LogP contribution in [0.4, 0.5) is 0 Å². The molecule has 0 N–H and O–H groups in total. The maximum Gasteiger partial charge on any atom is 0.143 e. The number of para-hydroxylation sites is 1. The van der Waals surface area contributed by atoms with Crippen molar-refractivity contribution < 1.29 is 4.42 Å². The van der Waals surface area contributed by atoms with Gasteiger partial charge in [0.1, 0.15) is 5.58 Å². The number of furan rings is 1. The molecule has 0 amide bonds. The van der Waals surface area contributed by atoms with Crippen molar-refractivity contribution in [2.75, 3.05) is 0 Å². The number of nitrogens with zero attached hydrogens (tertiary/aromatic N) is 1. The van der Waals surface area contributed by atoms with Crippen LogP contribution in [-0.2, 0) is 0 Å². The second kappa shape index (κ2) is 3.08. The zero-order valence-corrected chi connectivity index (χ0v) is 9.05. The van der Waals surface area contributed by atoms with Crippen LogP contribution in [0.1, 0.15) is 0 Å². The zero-order valence-electron chi connectivity index (χ0n) is 9.05. The molecular weight excluding hydrogens is 210 g/mol. The lowest BCUT2D eigenvalue weighted by Crippen LogP contribution is -1.82. The minimum atomic E-state index is 0.917. The second-order valence-corrected chi connectivity index (χ2v) is 4.15. The van der Waals surface area contributed by atoms with Crippen molar-refractivity contribution in [1.82, 2.24) is 4.98 Å². The third-order valence-corrected chi connectivity index (χ3v) is 3.11. The molecule has 17 heavy (non-hydrogen) atoms. The average Bonchev–Trinajstić information content (AvgIpc) is 2.85. The van der Waals surface area contributed by atoms with E-state index in [1.807, 2.05) is 36.4 Å². The summed E-state index contributed by atoms with van der Waals surface area (Å²) in [5.41, 5.74) is 2.91. The quantitative estimate of drug-likeness (QED) is 0.415. The van der Waals surface area contributed by atoms with Crippen LogP contribution in [0.25, 0.3) is 32.8 Å². The third kappa shape index (κ3) is 1.18. The molecule has 4 rings (SSSR count). The number of hydrogen-bond donors (Lipinski definition) is 0. The lowest BCUT2D eigenvalue weighted by atomic mass is 10.1. The fraction of sp³-hybridized carbons (Fsp3) is 0. The van der Waals surface area contributed by atoms with E-state index in [-0.39, 0.29) is 0 Å². The van der Waals surface area contributed by atoms with E-state index < -0.39 is 0 Å². The van der Waals surface area contributed by atoms with Gasteiger partial charge in [0.25, 0.3) is 0 Å². The van der Waals surface area contributed by atoms with E-state index in [1.54, 1.807) is 6.26 Å². The van der Waals surface area contributed by atoms with Crippen molar-refractivity contribution in [3.63, 3.8) is 0 Å². The normalized spacial score (nSPS) is 11.5. The Kier molecular flexibility index (Phi) is 1.59. The highest BCUT2D eigenvalue weighted by molar-refractivity contribution is 6.06. The molecule has 2 aromatic carbocycles. The van der Waals surface area contributed by atoms with Crippen LogP contribution in [-0.4, -0.2) is 4.98 Å². The van der Waals surface area contributed by atoms with Crippen molar-refractivity contribution in [3.8, 4) is 0 Å². The second-order valence-electron chi connectivity index (χ2n) is 4.15. The van der Waals surface area contributed by atoms with Crippen molar-refractivity contribution in [2.24, 2.45) is 0 Å². The fourth-order valence-corrected chi connectivity index (χ4v) is 2.28. The molecule has 0 atom stereocenters. The van der Waals surface area contributed by atoms with Gasteiger partial charge in [0.15, 0.2) is 0 Å². The maximum absolute atomic E-state index is 5.54. The van der Waals surface area contributed by atoms with E-state index in [1.165, 1.54) is 0 Å². The first-order valence-electron chi connectivity index (χ1n) is 5.57.